The molecule has 0 unspecified atom stereocenters. The second-order valence-electron chi connectivity index (χ2n) is 11.3. The Morgan fingerprint density at radius 1 is 0.524 bits per heavy atom. The normalized spacial score (nSPS) is 13.2. The van der Waals surface area contributed by atoms with Crippen LogP contribution >= 0.6 is 0 Å². The van der Waals surface area contributed by atoms with Crippen LogP contribution in [0.25, 0.3) is 62.0 Å². The molecular weight excluding hydrogens is 529 g/mol. The third-order valence-corrected chi connectivity index (χ3v) is 12.0. The van der Waals surface area contributed by atoms with E-state index in [2.05, 4.69) is 115 Å². The fourth-order valence-corrected chi connectivity index (χ4v) is 9.84. The van der Waals surface area contributed by atoms with Crippen molar-refractivity contribution in [3.05, 3.63) is 133 Å². The molecule has 0 radical (unpaired) electrons. The molecule has 0 saturated heterocycles. The van der Waals surface area contributed by atoms with E-state index in [4.69, 9.17) is 15.0 Å². The van der Waals surface area contributed by atoms with Crippen molar-refractivity contribution in [1.29, 1.82) is 0 Å². The minimum atomic E-state index is -1.98. The summed E-state index contributed by atoms with van der Waals surface area (Å²) >= 11 is 0. The largest absolute Gasteiger partial charge is 0.309 e. The van der Waals surface area contributed by atoms with Gasteiger partial charge in [0, 0.05) is 27.8 Å². The van der Waals surface area contributed by atoms with Crippen LogP contribution in [0.1, 0.15) is 0 Å². The van der Waals surface area contributed by atoms with E-state index in [-0.39, 0.29) is 0 Å². The minimum absolute atomic E-state index is 0.675. The number of fused-ring (bicyclic) bond motifs is 5. The van der Waals surface area contributed by atoms with E-state index in [0.717, 1.165) is 16.7 Å². The summed E-state index contributed by atoms with van der Waals surface area (Å²) in [7, 11) is -1.98. The van der Waals surface area contributed by atoms with Crippen molar-refractivity contribution in [3.63, 3.8) is 0 Å². The molecule has 0 fully saturated rings. The van der Waals surface area contributed by atoms with Gasteiger partial charge in [0.25, 0.3) is 0 Å². The SMILES string of the molecule is C[Si]1(C)c2ccccc2-c2c1c1cc(-c3nc(-c4ccccc4)nc(-c4ccccc4)n3)ccc1n2-c1ccccc1. The molecule has 0 aliphatic carbocycles. The summed E-state index contributed by atoms with van der Waals surface area (Å²) in [5.41, 5.74) is 8.00. The topological polar surface area (TPSA) is 43.6 Å². The molecule has 5 heteroatoms. The molecule has 0 bridgehead atoms. The van der Waals surface area contributed by atoms with Crippen molar-refractivity contribution in [2.24, 2.45) is 0 Å². The van der Waals surface area contributed by atoms with Gasteiger partial charge in [0.05, 0.1) is 11.2 Å². The lowest BCUT2D eigenvalue weighted by Crippen LogP contribution is -2.49. The molecular formula is C37H28N4Si. The van der Waals surface area contributed by atoms with Crippen LogP contribution in [0, 0.1) is 0 Å². The quantitative estimate of drug-likeness (QED) is 0.210. The number of hydrogen-bond donors (Lipinski definition) is 0. The summed E-state index contributed by atoms with van der Waals surface area (Å²) in [5.74, 6) is 2.03. The third-order valence-electron chi connectivity index (χ3n) is 8.42. The Kier molecular flexibility index (Phi) is 5.56. The van der Waals surface area contributed by atoms with Crippen LogP contribution in [0.4, 0.5) is 0 Å². The van der Waals surface area contributed by atoms with Gasteiger partial charge in [0.2, 0.25) is 0 Å². The van der Waals surface area contributed by atoms with Gasteiger partial charge in [-0.1, -0.05) is 116 Å². The van der Waals surface area contributed by atoms with Gasteiger partial charge in [-0.2, -0.15) is 0 Å². The van der Waals surface area contributed by atoms with E-state index in [0.29, 0.717) is 17.5 Å². The number of aromatic nitrogens is 4. The van der Waals surface area contributed by atoms with Gasteiger partial charge in [-0.05, 0) is 46.3 Å². The molecule has 1 aliphatic rings. The summed E-state index contributed by atoms with van der Waals surface area (Å²) in [6.45, 7) is 4.95. The second kappa shape index (κ2) is 9.47. The van der Waals surface area contributed by atoms with Crippen LogP contribution in [-0.2, 0) is 0 Å². The molecule has 0 amide bonds. The summed E-state index contributed by atoms with van der Waals surface area (Å²) in [6.07, 6.45) is 0. The molecule has 0 spiro atoms. The zero-order valence-electron chi connectivity index (χ0n) is 23.5. The maximum atomic E-state index is 5.02. The predicted octanol–water partition coefficient (Wildman–Crippen LogP) is 7.62. The first-order chi connectivity index (χ1) is 20.6. The van der Waals surface area contributed by atoms with Crippen molar-refractivity contribution in [3.8, 4) is 51.1 Å². The lowest BCUT2D eigenvalue weighted by Gasteiger charge is -2.19. The minimum Gasteiger partial charge on any atom is -0.309 e. The van der Waals surface area contributed by atoms with Crippen LogP contribution in [0.2, 0.25) is 13.1 Å². The van der Waals surface area contributed by atoms with Crippen LogP contribution in [0.5, 0.6) is 0 Å². The number of benzene rings is 5. The molecule has 0 atom stereocenters. The van der Waals surface area contributed by atoms with Gasteiger partial charge in [-0.25, -0.2) is 15.0 Å². The molecule has 2 aromatic heterocycles. The Balaban J connectivity index is 1.40. The first kappa shape index (κ1) is 24.6. The van der Waals surface area contributed by atoms with E-state index in [1.54, 1.807) is 0 Å². The van der Waals surface area contributed by atoms with E-state index in [9.17, 15) is 0 Å². The number of rotatable bonds is 4. The molecule has 200 valence electrons. The number of hydrogen-bond acceptors (Lipinski definition) is 3. The monoisotopic (exact) mass is 556 g/mol. The second-order valence-corrected chi connectivity index (χ2v) is 15.6. The fraction of sp³-hybridized carbons (Fsp3) is 0.0541. The molecule has 4 nitrogen and oxygen atoms in total. The summed E-state index contributed by atoms with van der Waals surface area (Å²) in [5, 5.41) is 4.25. The zero-order valence-corrected chi connectivity index (χ0v) is 24.5. The fourth-order valence-electron chi connectivity index (χ4n) is 6.47. The van der Waals surface area contributed by atoms with Crippen LogP contribution in [-0.4, -0.2) is 27.6 Å². The van der Waals surface area contributed by atoms with Gasteiger partial charge in [0.1, 0.15) is 8.07 Å². The molecule has 0 saturated carbocycles. The number of nitrogens with zero attached hydrogens (tertiary/aromatic N) is 4. The van der Waals surface area contributed by atoms with Crippen molar-refractivity contribution in [1.82, 2.24) is 19.5 Å². The van der Waals surface area contributed by atoms with E-state index >= 15 is 0 Å². The Morgan fingerprint density at radius 2 is 1.05 bits per heavy atom. The van der Waals surface area contributed by atoms with Gasteiger partial charge in [0.15, 0.2) is 17.5 Å². The van der Waals surface area contributed by atoms with Crippen molar-refractivity contribution < 1.29 is 0 Å². The molecule has 1 aliphatic heterocycles. The first-order valence-corrected chi connectivity index (χ1v) is 17.3. The lowest BCUT2D eigenvalue weighted by molar-refractivity contribution is 1.07. The van der Waals surface area contributed by atoms with Crippen LogP contribution < -0.4 is 10.4 Å². The van der Waals surface area contributed by atoms with Gasteiger partial charge < -0.3 is 4.57 Å². The summed E-state index contributed by atoms with van der Waals surface area (Å²) < 4.78 is 2.45. The maximum Gasteiger partial charge on any atom is 0.164 e. The highest BCUT2D eigenvalue weighted by atomic mass is 28.3. The zero-order chi connectivity index (χ0) is 28.3. The molecule has 42 heavy (non-hydrogen) atoms. The standard InChI is InChI=1S/C37H28N4Si/c1-42(2)32-21-13-12-20-29(32)33-34(42)30-24-27(22-23-31(30)41(33)28-18-10-5-11-19-28)37-39-35(25-14-6-3-7-15-25)38-36(40-37)26-16-8-4-9-17-26/h3-24H,1-2H3. The lowest BCUT2D eigenvalue weighted by atomic mass is 10.1. The molecule has 0 N–H and O–H groups in total. The number of para-hydroxylation sites is 1. The van der Waals surface area contributed by atoms with E-state index in [1.807, 2.05) is 36.4 Å². The first-order valence-electron chi connectivity index (χ1n) is 14.3. The third kappa shape index (κ3) is 3.78. The highest BCUT2D eigenvalue weighted by Gasteiger charge is 2.42. The summed E-state index contributed by atoms with van der Waals surface area (Å²) in [6, 6.07) is 46.7. The average Bonchev–Trinajstić information content (AvgIpc) is 3.52. The highest BCUT2D eigenvalue weighted by molar-refractivity contribution is 7.05. The summed E-state index contributed by atoms with van der Waals surface area (Å²) in [4.78, 5) is 14.9. The predicted molar refractivity (Wildman–Crippen MR) is 175 cm³/mol. The Hall–Kier alpha value is -5.13. The van der Waals surface area contributed by atoms with E-state index in [1.165, 1.54) is 38.2 Å². The Labute approximate surface area is 246 Å². The van der Waals surface area contributed by atoms with Crippen molar-refractivity contribution in [2.75, 3.05) is 0 Å². The van der Waals surface area contributed by atoms with Crippen LogP contribution in [0.15, 0.2) is 133 Å². The molecule has 7 aromatic rings. The maximum absolute atomic E-state index is 5.02. The Bertz CT molecular complexity index is 2040. The Morgan fingerprint density at radius 3 is 1.67 bits per heavy atom. The molecule has 5 aromatic carbocycles. The molecule has 3 heterocycles. The van der Waals surface area contributed by atoms with Gasteiger partial charge in [-0.3, -0.25) is 0 Å². The van der Waals surface area contributed by atoms with Gasteiger partial charge in [-0.15, -0.1) is 0 Å². The molecule has 8 rings (SSSR count). The van der Waals surface area contributed by atoms with Crippen molar-refractivity contribution >= 4 is 29.4 Å². The van der Waals surface area contributed by atoms with E-state index < -0.39 is 8.07 Å². The van der Waals surface area contributed by atoms with Crippen LogP contribution in [0.3, 0.4) is 0 Å². The smallest absolute Gasteiger partial charge is 0.164 e. The van der Waals surface area contributed by atoms with Crippen molar-refractivity contribution in [2.45, 2.75) is 13.1 Å². The van der Waals surface area contributed by atoms with Gasteiger partial charge >= 0.3 is 0 Å². The average molecular weight is 557 g/mol. The highest BCUT2D eigenvalue weighted by Crippen LogP contribution is 2.38.